The van der Waals surface area contributed by atoms with E-state index in [1.807, 2.05) is 25.4 Å². The molecule has 0 radical (unpaired) electrons. The van der Waals surface area contributed by atoms with Crippen molar-refractivity contribution in [1.29, 1.82) is 0 Å². The lowest BCUT2D eigenvalue weighted by Gasteiger charge is -2.07. The number of nitrogens with one attached hydrogen (secondary N) is 1. The molecular formula is C13H19N5. The van der Waals surface area contributed by atoms with E-state index < -0.39 is 0 Å². The molecule has 18 heavy (non-hydrogen) atoms. The molecule has 5 heteroatoms. The van der Waals surface area contributed by atoms with Crippen LogP contribution in [-0.2, 0) is 13.5 Å². The van der Waals surface area contributed by atoms with Crippen LogP contribution in [-0.4, -0.2) is 26.3 Å². The van der Waals surface area contributed by atoms with Crippen LogP contribution in [0.1, 0.15) is 26.0 Å². The molecule has 0 atom stereocenters. The molecule has 0 amide bonds. The molecule has 0 spiro atoms. The first-order valence-electron chi connectivity index (χ1n) is 6.34. The molecular weight excluding hydrogens is 226 g/mol. The molecule has 0 aliphatic heterocycles. The van der Waals surface area contributed by atoms with Crippen LogP contribution in [0.2, 0.25) is 0 Å². The second-order valence-corrected chi connectivity index (χ2v) is 4.22. The van der Waals surface area contributed by atoms with E-state index in [1.165, 1.54) is 0 Å². The fraction of sp³-hybridized carbons (Fsp3) is 0.462. The van der Waals surface area contributed by atoms with Gasteiger partial charge in [-0.2, -0.15) is 5.10 Å². The number of anilines is 1. The highest BCUT2D eigenvalue weighted by Crippen LogP contribution is 2.16. The van der Waals surface area contributed by atoms with Gasteiger partial charge in [0.2, 0.25) is 0 Å². The summed E-state index contributed by atoms with van der Waals surface area (Å²) in [5.41, 5.74) is 1.87. The summed E-state index contributed by atoms with van der Waals surface area (Å²) < 4.78 is 1.76. The number of nitrogens with zero attached hydrogens (tertiary/aromatic N) is 4. The van der Waals surface area contributed by atoms with Crippen LogP contribution in [0.15, 0.2) is 18.3 Å². The van der Waals surface area contributed by atoms with E-state index in [2.05, 4.69) is 34.2 Å². The number of hydrogen-bond donors (Lipinski definition) is 1. The van der Waals surface area contributed by atoms with Gasteiger partial charge in [-0.05, 0) is 19.4 Å². The Kier molecular flexibility index (Phi) is 3.92. The van der Waals surface area contributed by atoms with Crippen LogP contribution in [0.25, 0.3) is 11.5 Å². The summed E-state index contributed by atoms with van der Waals surface area (Å²) in [4.78, 5) is 9.05. The normalized spacial score (nSPS) is 10.6. The second-order valence-electron chi connectivity index (χ2n) is 4.22. The SMILES string of the molecule is CCCc1cc(NCC)nc(-c2ccn(C)n2)n1. The van der Waals surface area contributed by atoms with Gasteiger partial charge in [-0.1, -0.05) is 13.3 Å². The minimum atomic E-state index is 0.692. The van der Waals surface area contributed by atoms with Crippen molar-refractivity contribution in [3.63, 3.8) is 0 Å². The van der Waals surface area contributed by atoms with Crippen LogP contribution in [0.3, 0.4) is 0 Å². The third kappa shape index (κ3) is 2.85. The standard InChI is InChI=1S/C13H19N5/c1-4-6-10-9-12(14-5-2)16-13(15-10)11-7-8-18(3)17-11/h7-9H,4-6H2,1-3H3,(H,14,15,16). The average Bonchev–Trinajstić information content (AvgIpc) is 2.76. The van der Waals surface area contributed by atoms with E-state index in [0.717, 1.165) is 36.6 Å². The smallest absolute Gasteiger partial charge is 0.182 e. The number of hydrogen-bond acceptors (Lipinski definition) is 4. The molecule has 0 unspecified atom stereocenters. The maximum atomic E-state index is 4.56. The highest BCUT2D eigenvalue weighted by molar-refractivity contribution is 5.52. The molecule has 0 fully saturated rings. The third-order valence-corrected chi connectivity index (χ3v) is 2.59. The Morgan fingerprint density at radius 1 is 1.28 bits per heavy atom. The first kappa shape index (κ1) is 12.5. The number of aromatic nitrogens is 4. The van der Waals surface area contributed by atoms with E-state index in [1.54, 1.807) is 4.68 Å². The summed E-state index contributed by atoms with van der Waals surface area (Å²) in [7, 11) is 1.89. The zero-order chi connectivity index (χ0) is 13.0. The molecule has 2 aromatic rings. The Labute approximate surface area is 107 Å². The molecule has 96 valence electrons. The first-order valence-corrected chi connectivity index (χ1v) is 6.34. The Morgan fingerprint density at radius 2 is 2.11 bits per heavy atom. The summed E-state index contributed by atoms with van der Waals surface area (Å²) in [6.45, 7) is 5.06. The van der Waals surface area contributed by atoms with Gasteiger partial charge in [0.1, 0.15) is 11.5 Å². The van der Waals surface area contributed by atoms with Gasteiger partial charge in [-0.15, -0.1) is 0 Å². The van der Waals surface area contributed by atoms with E-state index in [-0.39, 0.29) is 0 Å². The predicted molar refractivity (Wildman–Crippen MR) is 72.4 cm³/mol. The molecule has 0 bridgehead atoms. The minimum absolute atomic E-state index is 0.692. The van der Waals surface area contributed by atoms with Crippen molar-refractivity contribution in [3.05, 3.63) is 24.0 Å². The van der Waals surface area contributed by atoms with Gasteiger partial charge in [0, 0.05) is 31.5 Å². The summed E-state index contributed by atoms with van der Waals surface area (Å²) in [5.74, 6) is 1.56. The number of aryl methyl sites for hydroxylation is 2. The molecule has 0 saturated heterocycles. The van der Waals surface area contributed by atoms with Gasteiger partial charge in [0.05, 0.1) is 0 Å². The summed E-state index contributed by atoms with van der Waals surface area (Å²) in [5, 5.41) is 7.58. The van der Waals surface area contributed by atoms with E-state index in [4.69, 9.17) is 0 Å². The van der Waals surface area contributed by atoms with E-state index in [0.29, 0.717) is 5.82 Å². The molecule has 2 aromatic heterocycles. The third-order valence-electron chi connectivity index (χ3n) is 2.59. The Bertz CT molecular complexity index is 494. The lowest BCUT2D eigenvalue weighted by molar-refractivity contribution is 0.767. The Balaban J connectivity index is 2.39. The number of rotatable bonds is 5. The van der Waals surface area contributed by atoms with Gasteiger partial charge < -0.3 is 5.32 Å². The van der Waals surface area contributed by atoms with E-state index in [9.17, 15) is 0 Å². The van der Waals surface area contributed by atoms with E-state index >= 15 is 0 Å². The van der Waals surface area contributed by atoms with Crippen LogP contribution in [0.4, 0.5) is 5.82 Å². The quantitative estimate of drug-likeness (QED) is 0.878. The van der Waals surface area contributed by atoms with Gasteiger partial charge in [-0.25, -0.2) is 9.97 Å². The van der Waals surface area contributed by atoms with Crippen molar-refractivity contribution in [1.82, 2.24) is 19.7 Å². The van der Waals surface area contributed by atoms with Crippen molar-refractivity contribution in [2.24, 2.45) is 7.05 Å². The molecule has 5 nitrogen and oxygen atoms in total. The highest BCUT2D eigenvalue weighted by Gasteiger charge is 2.08. The molecule has 0 aromatic carbocycles. The van der Waals surface area contributed by atoms with Gasteiger partial charge >= 0.3 is 0 Å². The molecule has 1 N–H and O–H groups in total. The van der Waals surface area contributed by atoms with Gasteiger partial charge in [0.15, 0.2) is 5.82 Å². The average molecular weight is 245 g/mol. The lowest BCUT2D eigenvalue weighted by atomic mass is 10.2. The Hall–Kier alpha value is -1.91. The van der Waals surface area contributed by atoms with Crippen molar-refractivity contribution < 1.29 is 0 Å². The van der Waals surface area contributed by atoms with Gasteiger partial charge in [0.25, 0.3) is 0 Å². The monoisotopic (exact) mass is 245 g/mol. The van der Waals surface area contributed by atoms with Crippen molar-refractivity contribution in [2.75, 3.05) is 11.9 Å². The predicted octanol–water partition coefficient (Wildman–Crippen LogP) is 2.26. The molecule has 0 aliphatic carbocycles. The first-order chi connectivity index (χ1) is 8.72. The molecule has 0 saturated carbocycles. The fourth-order valence-electron chi connectivity index (χ4n) is 1.80. The Morgan fingerprint density at radius 3 is 2.72 bits per heavy atom. The zero-order valence-electron chi connectivity index (χ0n) is 11.1. The maximum Gasteiger partial charge on any atom is 0.182 e. The van der Waals surface area contributed by atoms with Gasteiger partial charge in [-0.3, -0.25) is 4.68 Å². The van der Waals surface area contributed by atoms with Crippen LogP contribution < -0.4 is 5.32 Å². The largest absolute Gasteiger partial charge is 0.370 e. The zero-order valence-corrected chi connectivity index (χ0v) is 11.1. The van der Waals surface area contributed by atoms with Crippen LogP contribution >= 0.6 is 0 Å². The van der Waals surface area contributed by atoms with Crippen molar-refractivity contribution >= 4 is 5.82 Å². The maximum absolute atomic E-state index is 4.56. The fourth-order valence-corrected chi connectivity index (χ4v) is 1.80. The van der Waals surface area contributed by atoms with Crippen molar-refractivity contribution in [3.8, 4) is 11.5 Å². The summed E-state index contributed by atoms with van der Waals surface area (Å²) in [6.07, 6.45) is 3.93. The second kappa shape index (κ2) is 5.62. The van der Waals surface area contributed by atoms with Crippen LogP contribution in [0, 0.1) is 0 Å². The minimum Gasteiger partial charge on any atom is -0.370 e. The molecule has 2 rings (SSSR count). The lowest BCUT2D eigenvalue weighted by Crippen LogP contribution is -2.04. The molecule has 2 heterocycles. The summed E-state index contributed by atoms with van der Waals surface area (Å²) in [6, 6.07) is 3.94. The molecule has 0 aliphatic rings. The highest BCUT2D eigenvalue weighted by atomic mass is 15.3. The topological polar surface area (TPSA) is 55.6 Å². The van der Waals surface area contributed by atoms with Crippen molar-refractivity contribution in [2.45, 2.75) is 26.7 Å². The van der Waals surface area contributed by atoms with Crippen LogP contribution in [0.5, 0.6) is 0 Å². The summed E-state index contributed by atoms with van der Waals surface area (Å²) >= 11 is 0.